The Kier molecular flexibility index (Phi) is 13.5. The second-order valence-electron chi connectivity index (χ2n) is 19.0. The molecule has 2 saturated heterocycles. The van der Waals surface area contributed by atoms with E-state index in [1.807, 2.05) is 0 Å². The minimum atomic E-state index is -2.10. The maximum absolute atomic E-state index is 15.5. The molecule has 0 saturated carbocycles. The Labute approximate surface area is 418 Å². The van der Waals surface area contributed by atoms with Gasteiger partial charge in [-0.1, -0.05) is 19.9 Å². The van der Waals surface area contributed by atoms with Crippen LogP contribution in [0.15, 0.2) is 35.1 Å². The molecule has 1 aliphatic carbocycles. The lowest BCUT2D eigenvalue weighted by atomic mass is 9.81. The number of carboxylic acids is 1. The Morgan fingerprint density at radius 3 is 2.47 bits per heavy atom. The van der Waals surface area contributed by atoms with E-state index in [0.717, 1.165) is 9.80 Å². The Hall–Kier alpha value is -7.42. The molecule has 74 heavy (non-hydrogen) atoms. The monoisotopic (exact) mass is 1030 g/mol. The van der Waals surface area contributed by atoms with E-state index in [2.05, 4.69) is 10.6 Å². The summed E-state index contributed by atoms with van der Waals surface area (Å²) in [7, 11) is 1.23. The zero-order valence-corrected chi connectivity index (χ0v) is 40.2. The number of likely N-dealkylation sites (tertiary alicyclic amines) is 1. The lowest BCUT2D eigenvalue weighted by Crippen LogP contribution is -2.61. The fraction of sp³-hybridized carbons (Fsp3) is 0.449. The number of cyclic esters (lactones) is 1. The first kappa shape index (κ1) is 51.5. The number of alkyl carbamates (subject to hydrolysis) is 1. The van der Waals surface area contributed by atoms with Crippen molar-refractivity contribution in [3.8, 4) is 17.1 Å². The van der Waals surface area contributed by atoms with Gasteiger partial charge in [0.25, 0.3) is 5.56 Å². The van der Waals surface area contributed by atoms with Gasteiger partial charge in [0, 0.05) is 48.5 Å². The molecule has 9 N–H and O–H groups in total. The summed E-state index contributed by atoms with van der Waals surface area (Å²) in [5.41, 5.74) is 6.33. The molecule has 25 heteroatoms. The summed E-state index contributed by atoms with van der Waals surface area (Å²) < 4.78 is 38.9. The van der Waals surface area contributed by atoms with E-state index in [4.69, 9.17) is 29.7 Å². The zero-order chi connectivity index (χ0) is 53.4. The second kappa shape index (κ2) is 19.5. The van der Waals surface area contributed by atoms with Crippen molar-refractivity contribution < 1.29 is 82.4 Å². The van der Waals surface area contributed by atoms with Crippen LogP contribution in [0.2, 0.25) is 0 Å². The number of rotatable bonds is 13. The Morgan fingerprint density at radius 2 is 1.80 bits per heavy atom. The van der Waals surface area contributed by atoms with Crippen molar-refractivity contribution in [2.45, 2.75) is 115 Å². The summed E-state index contributed by atoms with van der Waals surface area (Å²) in [6.07, 6.45) is -10.6. The van der Waals surface area contributed by atoms with Gasteiger partial charge in [-0.2, -0.15) is 0 Å². The summed E-state index contributed by atoms with van der Waals surface area (Å²) >= 11 is 0. The standard InChI is InChI=1S/C49H52FN7O17/c1-5-49(70)25-12-30-37-23(15-56(30)43(64)24(25)18-71-47(49)68)36-27(8-7-22-20(3)26(50)13-29(53-37)35(22)36)54-48(69)72-17-21-6-9-32(73-46-40(62)38(60)39(61)41(74-46)45(66)67)28(11-21)52-33(58)16-55(4)44(65)31(14-51)57-34(59)10-19(2)42(57)63/h6,9,11-13,19,27,31,38-41,46,60-62,70H,5,7-8,10,14-18,51H2,1-4H3,(H,52,58)(H,54,69)(H,66,67)/t19?,27-,31-,38?,39-,40?,41?,46+,49-/m0/s1. The van der Waals surface area contributed by atoms with Crippen molar-refractivity contribution in [1.82, 2.24) is 24.7 Å². The van der Waals surface area contributed by atoms with E-state index in [-0.39, 0.29) is 77.4 Å². The number of hydrogen-bond donors (Lipinski definition) is 8. The number of fused-ring (bicyclic) bond motifs is 5. The lowest BCUT2D eigenvalue weighted by molar-refractivity contribution is -0.271. The van der Waals surface area contributed by atoms with E-state index in [9.17, 15) is 63.9 Å². The largest absolute Gasteiger partial charge is 0.479 e. The number of aromatic nitrogens is 2. The first-order valence-electron chi connectivity index (χ1n) is 23.7. The number of aliphatic hydroxyl groups excluding tert-OH is 3. The smallest absolute Gasteiger partial charge is 0.407 e. The summed E-state index contributed by atoms with van der Waals surface area (Å²) in [6.45, 7) is 2.77. The van der Waals surface area contributed by atoms with Gasteiger partial charge < -0.3 is 70.3 Å². The van der Waals surface area contributed by atoms with E-state index in [1.165, 1.54) is 48.9 Å². The van der Waals surface area contributed by atoms with E-state index >= 15 is 4.39 Å². The molecule has 5 aliphatic rings. The number of aliphatic carboxylic acids is 1. The number of hydrogen-bond acceptors (Lipinski definition) is 18. The normalized spacial score (nSPS) is 25.1. The van der Waals surface area contributed by atoms with Crippen molar-refractivity contribution in [1.29, 1.82) is 0 Å². The van der Waals surface area contributed by atoms with Gasteiger partial charge in [0.2, 0.25) is 29.9 Å². The van der Waals surface area contributed by atoms with Gasteiger partial charge in [-0.25, -0.2) is 23.8 Å². The van der Waals surface area contributed by atoms with Crippen LogP contribution in [0.4, 0.5) is 14.9 Å². The van der Waals surface area contributed by atoms with Crippen molar-refractivity contribution in [3.05, 3.63) is 85.4 Å². The summed E-state index contributed by atoms with van der Waals surface area (Å²) in [4.78, 5) is 112. The van der Waals surface area contributed by atoms with Gasteiger partial charge in [0.15, 0.2) is 11.7 Å². The van der Waals surface area contributed by atoms with Crippen LogP contribution in [0.1, 0.15) is 78.1 Å². The average molecular weight is 1030 g/mol. The topological polar surface area (TPSA) is 349 Å². The molecule has 0 radical (unpaired) electrons. The van der Waals surface area contributed by atoms with Crippen molar-refractivity contribution in [2.75, 3.05) is 25.5 Å². The number of halogens is 1. The molecule has 2 aromatic heterocycles. The van der Waals surface area contributed by atoms with Gasteiger partial charge in [-0.3, -0.25) is 28.9 Å². The van der Waals surface area contributed by atoms with Crippen LogP contribution < -0.4 is 26.7 Å². The predicted octanol–water partition coefficient (Wildman–Crippen LogP) is -0.169. The Bertz CT molecular complexity index is 3150. The highest BCUT2D eigenvalue weighted by atomic mass is 19.1. The number of nitrogens with zero attached hydrogens (tertiary/aromatic N) is 4. The lowest BCUT2D eigenvalue weighted by Gasteiger charge is -2.38. The molecule has 4 aliphatic heterocycles. The van der Waals surface area contributed by atoms with Crippen LogP contribution >= 0.6 is 0 Å². The number of carbonyl (C=O) groups excluding carboxylic acids is 6. The number of aliphatic hydroxyl groups is 4. The molecule has 9 rings (SSSR count). The molecule has 2 aromatic carbocycles. The Morgan fingerprint density at radius 1 is 1.05 bits per heavy atom. The van der Waals surface area contributed by atoms with E-state index in [0.29, 0.717) is 34.1 Å². The molecule has 24 nitrogen and oxygen atoms in total. The quantitative estimate of drug-likeness (QED) is 0.0561. The number of likely N-dealkylation sites (N-methyl/N-ethyl adjacent to an activating group) is 1. The summed E-state index contributed by atoms with van der Waals surface area (Å²) in [5.74, 6) is -6.99. The maximum Gasteiger partial charge on any atom is 0.407 e. The fourth-order valence-electron chi connectivity index (χ4n) is 10.4. The van der Waals surface area contributed by atoms with Crippen LogP contribution in [0.5, 0.6) is 5.75 Å². The predicted molar refractivity (Wildman–Crippen MR) is 250 cm³/mol. The number of aryl methyl sites for hydroxylation is 1. The number of nitrogens with one attached hydrogen (secondary N) is 2. The van der Waals surface area contributed by atoms with Crippen molar-refractivity contribution in [2.24, 2.45) is 11.7 Å². The second-order valence-corrected chi connectivity index (χ2v) is 19.0. The molecule has 6 heterocycles. The molecule has 4 unspecified atom stereocenters. The molecule has 0 spiro atoms. The third-order valence-electron chi connectivity index (χ3n) is 14.4. The first-order chi connectivity index (χ1) is 35.1. The first-order valence-corrected chi connectivity index (χ1v) is 23.7. The van der Waals surface area contributed by atoms with Crippen LogP contribution in [0, 0.1) is 18.7 Å². The number of amides is 5. The molecule has 0 bridgehead atoms. The average Bonchev–Trinajstić information content (AvgIpc) is 3.86. The zero-order valence-electron chi connectivity index (χ0n) is 40.2. The van der Waals surface area contributed by atoms with Crippen LogP contribution in [-0.4, -0.2) is 143 Å². The highest BCUT2D eigenvalue weighted by Crippen LogP contribution is 2.46. The number of carboxylic acid groups (broad SMARTS) is 1. The highest BCUT2D eigenvalue weighted by Gasteiger charge is 2.49. The van der Waals surface area contributed by atoms with Gasteiger partial charge in [0.1, 0.15) is 49.1 Å². The number of imide groups is 1. The Balaban J connectivity index is 0.979. The number of carbonyl (C=O) groups is 7. The van der Waals surface area contributed by atoms with Gasteiger partial charge in [0.05, 0.1) is 47.3 Å². The van der Waals surface area contributed by atoms with Crippen LogP contribution in [0.25, 0.3) is 22.3 Å². The summed E-state index contributed by atoms with van der Waals surface area (Å²) in [5, 5.41) is 58.4. The van der Waals surface area contributed by atoms with Gasteiger partial charge in [-0.05, 0) is 66.6 Å². The van der Waals surface area contributed by atoms with Crippen LogP contribution in [-0.2, 0) is 74.8 Å². The fourth-order valence-corrected chi connectivity index (χ4v) is 10.4. The van der Waals surface area contributed by atoms with E-state index in [1.54, 1.807) is 13.8 Å². The minimum Gasteiger partial charge on any atom is -0.479 e. The minimum absolute atomic E-state index is 0.0202. The molecule has 392 valence electrons. The number of esters is 1. The van der Waals surface area contributed by atoms with E-state index < -0.39 is 127 Å². The molecule has 9 atom stereocenters. The third kappa shape index (κ3) is 8.66. The van der Waals surface area contributed by atoms with Gasteiger partial charge >= 0.3 is 18.0 Å². The number of nitrogens with two attached hydrogens (primary N) is 1. The van der Waals surface area contributed by atoms with Crippen LogP contribution in [0.3, 0.4) is 0 Å². The third-order valence-corrected chi connectivity index (χ3v) is 14.4. The number of benzene rings is 2. The molecule has 2 fully saturated rings. The summed E-state index contributed by atoms with van der Waals surface area (Å²) in [6, 6.07) is 4.50. The highest BCUT2D eigenvalue weighted by molar-refractivity contribution is 6.07. The maximum atomic E-state index is 15.5. The number of ether oxygens (including phenoxy) is 4. The van der Waals surface area contributed by atoms with Crippen molar-refractivity contribution in [3.63, 3.8) is 0 Å². The SMILES string of the molecule is CC[C@@]1(O)C(=O)OCc2c1cc1n(c2=O)Cc2c-1nc1cc(F)c(C)c3c1c2[C@@H](NC(=O)OCc1ccc(O[C@@H]2OC(C(=O)O)[C@@H](O)C(O)C2O)c(NC(=O)CN(C)C(=O)[C@H](CN)N2C(=O)CC(C)C2=O)c1)CC3. The molecular weight excluding hydrogens is 978 g/mol. The number of anilines is 1. The molecule has 4 aromatic rings. The van der Waals surface area contributed by atoms with Crippen molar-refractivity contribution >= 4 is 58.3 Å². The van der Waals surface area contributed by atoms with Gasteiger partial charge in [-0.15, -0.1) is 0 Å². The molecule has 5 amide bonds. The number of pyridine rings is 2. The molecular formula is C49H52FN7O17.